The van der Waals surface area contributed by atoms with Gasteiger partial charge in [0.1, 0.15) is 5.82 Å². The average Bonchev–Trinajstić information content (AvgIpc) is 2.41. The van der Waals surface area contributed by atoms with Crippen molar-refractivity contribution in [3.8, 4) is 0 Å². The summed E-state index contributed by atoms with van der Waals surface area (Å²) in [7, 11) is 0. The van der Waals surface area contributed by atoms with Crippen molar-refractivity contribution in [2.45, 2.75) is 13.0 Å². The molecule has 1 amide bonds. The number of hydrogen-bond donors (Lipinski definition) is 2. The molecule has 104 valence electrons. The van der Waals surface area contributed by atoms with E-state index in [0.717, 1.165) is 0 Å². The van der Waals surface area contributed by atoms with E-state index in [1.54, 1.807) is 31.2 Å². The van der Waals surface area contributed by atoms with Crippen molar-refractivity contribution >= 4 is 23.2 Å². The Morgan fingerprint density at radius 3 is 2.70 bits per heavy atom. The molecule has 0 radical (unpaired) electrons. The highest BCUT2D eigenvalue weighted by Crippen LogP contribution is 2.20. The molecule has 3 N–H and O–H groups in total. The Kier molecular flexibility index (Phi) is 4.25. The molecule has 2 aromatic carbocycles. The van der Waals surface area contributed by atoms with Gasteiger partial charge in [-0.1, -0.05) is 23.7 Å². The van der Waals surface area contributed by atoms with Crippen molar-refractivity contribution < 1.29 is 9.18 Å². The van der Waals surface area contributed by atoms with Gasteiger partial charge in [0.2, 0.25) is 0 Å². The summed E-state index contributed by atoms with van der Waals surface area (Å²) in [6.45, 7) is 1.78. The minimum atomic E-state index is -0.334. The van der Waals surface area contributed by atoms with Gasteiger partial charge in [-0.05, 0) is 42.8 Å². The summed E-state index contributed by atoms with van der Waals surface area (Å²) >= 11 is 5.81. The van der Waals surface area contributed by atoms with Crippen LogP contribution in [-0.2, 0) is 0 Å². The molecule has 0 fully saturated rings. The molecule has 0 saturated heterocycles. The van der Waals surface area contributed by atoms with Crippen LogP contribution in [0, 0.1) is 5.82 Å². The number of rotatable bonds is 3. The van der Waals surface area contributed by atoms with E-state index in [1.165, 1.54) is 18.2 Å². The van der Waals surface area contributed by atoms with Crippen LogP contribution >= 0.6 is 11.6 Å². The van der Waals surface area contributed by atoms with Crippen LogP contribution in [0.25, 0.3) is 0 Å². The van der Waals surface area contributed by atoms with Crippen molar-refractivity contribution in [2.75, 3.05) is 5.73 Å². The monoisotopic (exact) mass is 292 g/mol. The van der Waals surface area contributed by atoms with Gasteiger partial charge < -0.3 is 11.1 Å². The molecule has 0 unspecified atom stereocenters. The standard InChI is InChI=1S/C15H14ClFN2O/c1-9(10-3-2-4-12(17)7-10)19-15(20)11-5-6-13(16)14(18)8-11/h2-9H,18H2,1H3,(H,19,20)/t9-/m0/s1. The molecular weight excluding hydrogens is 279 g/mol. The van der Waals surface area contributed by atoms with E-state index in [-0.39, 0.29) is 17.8 Å². The minimum Gasteiger partial charge on any atom is -0.398 e. The highest BCUT2D eigenvalue weighted by molar-refractivity contribution is 6.33. The van der Waals surface area contributed by atoms with E-state index < -0.39 is 0 Å². The van der Waals surface area contributed by atoms with E-state index in [2.05, 4.69) is 5.32 Å². The lowest BCUT2D eigenvalue weighted by atomic mass is 10.1. The molecule has 0 heterocycles. The highest BCUT2D eigenvalue weighted by atomic mass is 35.5. The average molecular weight is 293 g/mol. The number of anilines is 1. The minimum absolute atomic E-state index is 0.287. The van der Waals surface area contributed by atoms with Crippen molar-refractivity contribution in [1.29, 1.82) is 0 Å². The number of nitrogen functional groups attached to an aromatic ring is 1. The summed E-state index contributed by atoms with van der Waals surface area (Å²) in [4.78, 5) is 12.1. The number of benzene rings is 2. The number of nitrogens with two attached hydrogens (primary N) is 1. The Bertz CT molecular complexity index is 646. The van der Waals surface area contributed by atoms with Crippen molar-refractivity contribution in [3.63, 3.8) is 0 Å². The first-order valence-corrected chi connectivity index (χ1v) is 6.46. The molecule has 20 heavy (non-hydrogen) atoms. The molecule has 0 bridgehead atoms. The lowest BCUT2D eigenvalue weighted by molar-refractivity contribution is 0.0940. The smallest absolute Gasteiger partial charge is 0.251 e. The molecule has 0 spiro atoms. The number of carbonyl (C=O) groups excluding carboxylic acids is 1. The van der Waals surface area contributed by atoms with Crippen LogP contribution in [0.3, 0.4) is 0 Å². The Labute approximate surface area is 121 Å². The molecule has 0 aliphatic rings. The topological polar surface area (TPSA) is 55.1 Å². The Morgan fingerprint density at radius 2 is 2.05 bits per heavy atom. The first kappa shape index (κ1) is 14.3. The summed E-state index contributed by atoms with van der Waals surface area (Å²) in [5.41, 5.74) is 7.11. The molecule has 0 aliphatic heterocycles. The molecule has 0 aromatic heterocycles. The molecule has 1 atom stereocenters. The third kappa shape index (κ3) is 3.27. The predicted molar refractivity (Wildman–Crippen MR) is 78.1 cm³/mol. The molecular formula is C15H14ClFN2O. The number of hydrogen-bond acceptors (Lipinski definition) is 2. The fraction of sp³-hybridized carbons (Fsp3) is 0.133. The summed E-state index contributed by atoms with van der Waals surface area (Å²) in [6.07, 6.45) is 0. The third-order valence-electron chi connectivity index (χ3n) is 2.95. The lowest BCUT2D eigenvalue weighted by Gasteiger charge is -2.14. The van der Waals surface area contributed by atoms with Crippen LogP contribution in [0.2, 0.25) is 5.02 Å². The zero-order valence-corrected chi connectivity index (χ0v) is 11.6. The van der Waals surface area contributed by atoms with Gasteiger partial charge in [0.15, 0.2) is 0 Å². The zero-order chi connectivity index (χ0) is 14.7. The van der Waals surface area contributed by atoms with E-state index in [9.17, 15) is 9.18 Å². The maximum Gasteiger partial charge on any atom is 0.251 e. The maximum atomic E-state index is 13.1. The molecule has 2 aromatic rings. The third-order valence-corrected chi connectivity index (χ3v) is 3.30. The maximum absolute atomic E-state index is 13.1. The highest BCUT2D eigenvalue weighted by Gasteiger charge is 2.12. The van der Waals surface area contributed by atoms with Gasteiger partial charge in [-0.15, -0.1) is 0 Å². The number of amides is 1. The summed E-state index contributed by atoms with van der Waals surface area (Å²) in [5.74, 6) is -0.621. The molecule has 5 heteroatoms. The largest absolute Gasteiger partial charge is 0.398 e. The van der Waals surface area contributed by atoms with Crippen molar-refractivity contribution in [1.82, 2.24) is 5.32 Å². The van der Waals surface area contributed by atoms with Gasteiger partial charge in [0.05, 0.1) is 16.8 Å². The second-order valence-corrected chi connectivity index (χ2v) is 4.89. The fourth-order valence-electron chi connectivity index (χ4n) is 1.82. The van der Waals surface area contributed by atoms with E-state index in [4.69, 9.17) is 17.3 Å². The summed E-state index contributed by atoms with van der Waals surface area (Å²) in [6, 6.07) is 10.5. The fourth-order valence-corrected chi connectivity index (χ4v) is 1.94. The number of halogens is 2. The summed E-state index contributed by atoms with van der Waals surface area (Å²) < 4.78 is 13.1. The van der Waals surface area contributed by atoms with Crippen molar-refractivity contribution in [2.24, 2.45) is 0 Å². The van der Waals surface area contributed by atoms with Crippen LogP contribution in [0.15, 0.2) is 42.5 Å². The number of nitrogens with one attached hydrogen (secondary N) is 1. The lowest BCUT2D eigenvalue weighted by Crippen LogP contribution is -2.26. The van der Waals surface area contributed by atoms with Crippen molar-refractivity contribution in [3.05, 3.63) is 64.4 Å². The van der Waals surface area contributed by atoms with Gasteiger partial charge in [0, 0.05) is 5.56 Å². The van der Waals surface area contributed by atoms with Crippen LogP contribution in [0.1, 0.15) is 28.9 Å². The van der Waals surface area contributed by atoms with Crippen LogP contribution < -0.4 is 11.1 Å². The number of carbonyl (C=O) groups is 1. The Balaban J connectivity index is 2.13. The van der Waals surface area contributed by atoms with Gasteiger partial charge in [-0.25, -0.2) is 4.39 Å². The molecule has 2 rings (SSSR count). The van der Waals surface area contributed by atoms with Crippen LogP contribution in [0.4, 0.5) is 10.1 Å². The second kappa shape index (κ2) is 5.92. The molecule has 0 aliphatic carbocycles. The first-order valence-electron chi connectivity index (χ1n) is 6.08. The van der Waals surface area contributed by atoms with Crippen LogP contribution in [0.5, 0.6) is 0 Å². The summed E-state index contributed by atoms with van der Waals surface area (Å²) in [5, 5.41) is 3.18. The van der Waals surface area contributed by atoms with E-state index in [1.807, 2.05) is 0 Å². The van der Waals surface area contributed by atoms with E-state index >= 15 is 0 Å². The Morgan fingerprint density at radius 1 is 1.30 bits per heavy atom. The molecule has 3 nitrogen and oxygen atoms in total. The van der Waals surface area contributed by atoms with Gasteiger partial charge >= 0.3 is 0 Å². The SMILES string of the molecule is C[C@H](NC(=O)c1ccc(Cl)c(N)c1)c1cccc(F)c1. The second-order valence-electron chi connectivity index (χ2n) is 4.49. The zero-order valence-electron chi connectivity index (χ0n) is 10.9. The van der Waals surface area contributed by atoms with Gasteiger partial charge in [-0.3, -0.25) is 4.79 Å². The van der Waals surface area contributed by atoms with Crippen LogP contribution in [-0.4, -0.2) is 5.91 Å². The first-order chi connectivity index (χ1) is 9.47. The van der Waals surface area contributed by atoms with Gasteiger partial charge in [-0.2, -0.15) is 0 Å². The predicted octanol–water partition coefficient (Wildman–Crippen LogP) is 3.55. The quantitative estimate of drug-likeness (QED) is 0.850. The van der Waals surface area contributed by atoms with Gasteiger partial charge in [0.25, 0.3) is 5.91 Å². The molecule has 0 saturated carbocycles. The Hall–Kier alpha value is -2.07. The van der Waals surface area contributed by atoms with E-state index in [0.29, 0.717) is 21.8 Å². The normalized spacial score (nSPS) is 11.9.